The van der Waals surface area contributed by atoms with Gasteiger partial charge in [0.05, 0.1) is 11.6 Å². The molecule has 1 aliphatic rings. The van der Waals surface area contributed by atoms with Crippen molar-refractivity contribution in [3.05, 3.63) is 71.4 Å². The number of amides is 1. The van der Waals surface area contributed by atoms with E-state index in [2.05, 4.69) is 5.32 Å². The van der Waals surface area contributed by atoms with Gasteiger partial charge in [-0.1, -0.05) is 30.3 Å². The highest BCUT2D eigenvalue weighted by molar-refractivity contribution is 7.80. The number of hydrogen-bond acceptors (Lipinski definition) is 4. The summed E-state index contributed by atoms with van der Waals surface area (Å²) in [7, 11) is 3.47. The molecular weight excluding hydrogens is 384 g/mol. The molecule has 0 fully saturated rings. The largest absolute Gasteiger partial charge is 0.479 e. The number of likely N-dealkylation sites (N-methyl/N-ethyl adjacent to an activating group) is 1. The summed E-state index contributed by atoms with van der Waals surface area (Å²) in [6.45, 7) is 1.90. The lowest BCUT2D eigenvalue weighted by atomic mass is 9.93. The Morgan fingerprint density at radius 2 is 1.86 bits per heavy atom. The van der Waals surface area contributed by atoms with Crippen LogP contribution in [-0.2, 0) is 4.79 Å². The molecule has 2 aromatic rings. The zero-order valence-electron chi connectivity index (χ0n) is 16.5. The molecule has 1 atom stereocenters. The normalized spacial score (nSPS) is 16.1. The molecule has 148 valence electrons. The van der Waals surface area contributed by atoms with E-state index in [1.54, 1.807) is 31.1 Å². The highest BCUT2D eigenvalue weighted by Gasteiger charge is 2.35. The molecule has 1 amide bonds. The molecule has 1 N–H and O–H groups in total. The summed E-state index contributed by atoms with van der Waals surface area (Å²) >= 11 is 5.65. The molecule has 0 unspecified atom stereocenters. The Hall–Kier alpha value is -3.37. The van der Waals surface area contributed by atoms with Crippen LogP contribution >= 0.6 is 12.2 Å². The minimum Gasteiger partial charge on any atom is -0.479 e. The standard InChI is InChI=1S/C22H22N4O2S/c1-15-19(21(27)25(2)3)20(16-9-11-18(12-10-16)28-14-13-23)24-22(29)26(15)17-7-5-4-6-8-17/h4-12,20H,14H2,1-3H3,(H,24,29)/t20-/m1/s1. The van der Waals surface area contributed by atoms with E-state index >= 15 is 0 Å². The maximum absolute atomic E-state index is 13.1. The first-order valence-electron chi connectivity index (χ1n) is 9.12. The maximum Gasteiger partial charge on any atom is 0.253 e. The van der Waals surface area contributed by atoms with Crippen LogP contribution in [0.15, 0.2) is 65.9 Å². The van der Waals surface area contributed by atoms with Crippen LogP contribution in [0.25, 0.3) is 0 Å². The molecule has 1 heterocycles. The van der Waals surface area contributed by atoms with Gasteiger partial charge in [0.15, 0.2) is 11.7 Å². The van der Waals surface area contributed by atoms with Gasteiger partial charge in [-0.25, -0.2) is 0 Å². The van der Waals surface area contributed by atoms with Gasteiger partial charge < -0.3 is 15.0 Å². The average Bonchev–Trinajstić information content (AvgIpc) is 2.72. The van der Waals surface area contributed by atoms with Crippen molar-refractivity contribution < 1.29 is 9.53 Å². The Bertz CT molecular complexity index is 978. The van der Waals surface area contributed by atoms with E-state index in [4.69, 9.17) is 22.2 Å². The second kappa shape index (κ2) is 8.76. The molecule has 0 bridgehead atoms. The fourth-order valence-corrected chi connectivity index (χ4v) is 3.63. The Morgan fingerprint density at radius 1 is 1.21 bits per heavy atom. The number of thiocarbonyl (C=S) groups is 1. The highest BCUT2D eigenvalue weighted by Crippen LogP contribution is 2.34. The summed E-state index contributed by atoms with van der Waals surface area (Å²) < 4.78 is 5.32. The first kappa shape index (κ1) is 20.4. The number of anilines is 1. The number of ether oxygens (including phenoxy) is 1. The molecule has 0 radical (unpaired) electrons. The minimum absolute atomic E-state index is 0.0134. The molecule has 7 heteroatoms. The molecule has 0 aromatic heterocycles. The van der Waals surface area contributed by atoms with Crippen molar-refractivity contribution in [1.82, 2.24) is 10.2 Å². The van der Waals surface area contributed by atoms with Crippen molar-refractivity contribution in [1.29, 1.82) is 5.26 Å². The average molecular weight is 407 g/mol. The van der Waals surface area contributed by atoms with Crippen LogP contribution in [0.4, 0.5) is 5.69 Å². The Kier molecular flexibility index (Phi) is 6.15. The number of carbonyl (C=O) groups is 1. The van der Waals surface area contributed by atoms with Gasteiger partial charge in [0, 0.05) is 25.5 Å². The Labute approximate surface area is 176 Å². The summed E-state index contributed by atoms with van der Waals surface area (Å²) in [5.41, 5.74) is 3.19. The second-order valence-corrected chi connectivity index (χ2v) is 7.15. The summed E-state index contributed by atoms with van der Waals surface area (Å²) in [6.07, 6.45) is 0. The lowest BCUT2D eigenvalue weighted by Gasteiger charge is -2.38. The predicted molar refractivity (Wildman–Crippen MR) is 116 cm³/mol. The van der Waals surface area contributed by atoms with Crippen molar-refractivity contribution in [2.75, 3.05) is 25.6 Å². The van der Waals surface area contributed by atoms with Gasteiger partial charge in [0.2, 0.25) is 0 Å². The van der Waals surface area contributed by atoms with Crippen molar-refractivity contribution >= 4 is 28.9 Å². The van der Waals surface area contributed by atoms with Crippen LogP contribution < -0.4 is 15.0 Å². The number of allylic oxidation sites excluding steroid dienone is 1. The highest BCUT2D eigenvalue weighted by atomic mass is 32.1. The third-order valence-electron chi connectivity index (χ3n) is 4.65. The third kappa shape index (κ3) is 4.23. The van der Waals surface area contributed by atoms with Gasteiger partial charge in [-0.3, -0.25) is 9.69 Å². The van der Waals surface area contributed by atoms with Gasteiger partial charge in [-0.15, -0.1) is 0 Å². The summed E-state index contributed by atoms with van der Waals surface area (Å²) in [5.74, 6) is 0.508. The van der Waals surface area contributed by atoms with Gasteiger partial charge in [-0.05, 0) is 49.0 Å². The van der Waals surface area contributed by atoms with Crippen molar-refractivity contribution in [3.63, 3.8) is 0 Å². The Morgan fingerprint density at radius 3 is 2.45 bits per heavy atom. The van der Waals surface area contributed by atoms with Crippen molar-refractivity contribution in [2.24, 2.45) is 0 Å². The lowest BCUT2D eigenvalue weighted by molar-refractivity contribution is -0.125. The Balaban J connectivity index is 2.05. The fraction of sp³-hybridized carbons (Fsp3) is 0.227. The molecule has 0 saturated heterocycles. The second-order valence-electron chi connectivity index (χ2n) is 6.77. The van der Waals surface area contributed by atoms with Crippen LogP contribution in [0.5, 0.6) is 5.75 Å². The lowest BCUT2D eigenvalue weighted by Crippen LogP contribution is -2.49. The number of para-hydroxylation sites is 1. The third-order valence-corrected chi connectivity index (χ3v) is 4.95. The van der Waals surface area contributed by atoms with Crippen LogP contribution in [0.3, 0.4) is 0 Å². The molecule has 2 aromatic carbocycles. The van der Waals surface area contributed by atoms with Crippen LogP contribution in [0.1, 0.15) is 18.5 Å². The number of nitrogens with zero attached hydrogens (tertiary/aromatic N) is 3. The number of nitriles is 1. The van der Waals surface area contributed by atoms with E-state index in [1.807, 2.05) is 60.4 Å². The first-order valence-corrected chi connectivity index (χ1v) is 9.52. The van der Waals surface area contributed by atoms with Crippen molar-refractivity contribution in [3.8, 4) is 11.8 Å². The monoisotopic (exact) mass is 406 g/mol. The summed E-state index contributed by atoms with van der Waals surface area (Å²) in [6, 6.07) is 18.6. The molecule has 6 nitrogen and oxygen atoms in total. The zero-order chi connectivity index (χ0) is 21.0. The van der Waals surface area contributed by atoms with E-state index in [9.17, 15) is 4.79 Å². The quantitative estimate of drug-likeness (QED) is 0.768. The topological polar surface area (TPSA) is 68.6 Å². The van der Waals surface area contributed by atoms with E-state index in [0.717, 1.165) is 16.9 Å². The minimum atomic E-state index is -0.387. The van der Waals surface area contributed by atoms with E-state index in [1.165, 1.54) is 0 Å². The fourth-order valence-electron chi connectivity index (χ4n) is 3.27. The SMILES string of the molecule is CC1=C(C(=O)N(C)C)[C@@H](c2ccc(OCC#N)cc2)NC(=S)N1c1ccccc1. The number of rotatable bonds is 5. The molecule has 0 saturated carbocycles. The number of carbonyl (C=O) groups excluding carboxylic acids is 1. The van der Waals surface area contributed by atoms with Crippen LogP contribution in [-0.4, -0.2) is 36.6 Å². The van der Waals surface area contributed by atoms with Crippen LogP contribution in [0, 0.1) is 11.3 Å². The summed E-state index contributed by atoms with van der Waals surface area (Å²) in [4.78, 5) is 16.5. The predicted octanol–water partition coefficient (Wildman–Crippen LogP) is 3.39. The molecule has 3 rings (SSSR count). The first-order chi connectivity index (χ1) is 13.9. The molecule has 1 aliphatic heterocycles. The zero-order valence-corrected chi connectivity index (χ0v) is 17.4. The van der Waals surface area contributed by atoms with Gasteiger partial charge in [0.1, 0.15) is 11.8 Å². The summed E-state index contributed by atoms with van der Waals surface area (Å²) in [5, 5.41) is 12.5. The number of nitrogens with one attached hydrogen (secondary N) is 1. The smallest absolute Gasteiger partial charge is 0.253 e. The van der Waals surface area contributed by atoms with E-state index in [-0.39, 0.29) is 18.6 Å². The van der Waals surface area contributed by atoms with Gasteiger partial charge in [-0.2, -0.15) is 5.26 Å². The molecule has 0 aliphatic carbocycles. The number of benzene rings is 2. The van der Waals surface area contributed by atoms with Crippen molar-refractivity contribution in [2.45, 2.75) is 13.0 Å². The van der Waals surface area contributed by atoms with Crippen LogP contribution in [0.2, 0.25) is 0 Å². The molecule has 0 spiro atoms. The van der Waals surface area contributed by atoms with Gasteiger partial charge >= 0.3 is 0 Å². The molecular formula is C22H22N4O2S. The molecule has 29 heavy (non-hydrogen) atoms. The van der Waals surface area contributed by atoms with E-state index in [0.29, 0.717) is 16.4 Å². The number of hydrogen-bond donors (Lipinski definition) is 1. The van der Waals surface area contributed by atoms with Gasteiger partial charge in [0.25, 0.3) is 5.91 Å². The van der Waals surface area contributed by atoms with E-state index < -0.39 is 0 Å². The maximum atomic E-state index is 13.1.